The summed E-state index contributed by atoms with van der Waals surface area (Å²) in [7, 11) is 1.54. The highest BCUT2D eigenvalue weighted by molar-refractivity contribution is 6.32. The van der Waals surface area contributed by atoms with Gasteiger partial charge in [-0.05, 0) is 54.8 Å². The van der Waals surface area contributed by atoms with Crippen molar-refractivity contribution in [3.8, 4) is 5.75 Å². The molecule has 164 valence electrons. The molecule has 1 fully saturated rings. The van der Waals surface area contributed by atoms with E-state index in [4.69, 9.17) is 16.3 Å². The van der Waals surface area contributed by atoms with Crippen molar-refractivity contribution in [3.05, 3.63) is 88.9 Å². The van der Waals surface area contributed by atoms with Gasteiger partial charge in [-0.3, -0.25) is 9.59 Å². The topological polar surface area (TPSA) is 79.5 Å². The molecule has 3 aromatic rings. The van der Waals surface area contributed by atoms with Crippen molar-refractivity contribution in [2.24, 2.45) is 0 Å². The van der Waals surface area contributed by atoms with Crippen LogP contribution in [-0.2, 0) is 4.79 Å². The van der Waals surface area contributed by atoms with Gasteiger partial charge in [-0.25, -0.2) is 0 Å². The van der Waals surface area contributed by atoms with Crippen LogP contribution in [-0.4, -0.2) is 25.0 Å². The summed E-state index contributed by atoms with van der Waals surface area (Å²) in [5.74, 6) is 0.165. The van der Waals surface area contributed by atoms with Gasteiger partial charge in [0.2, 0.25) is 0 Å². The molecule has 1 aliphatic carbocycles. The molecule has 0 radical (unpaired) electrons. The number of rotatable bonds is 8. The van der Waals surface area contributed by atoms with Gasteiger partial charge in [-0.15, -0.1) is 0 Å². The lowest BCUT2D eigenvalue weighted by atomic mass is 10.0. The molecule has 1 saturated carbocycles. The van der Waals surface area contributed by atoms with Gasteiger partial charge < -0.3 is 20.7 Å². The molecule has 0 saturated heterocycles. The van der Waals surface area contributed by atoms with Gasteiger partial charge in [0.05, 0.1) is 12.1 Å². The van der Waals surface area contributed by atoms with Gasteiger partial charge in [-0.1, -0.05) is 48.0 Å². The average Bonchev–Trinajstić information content (AvgIpc) is 3.62. The second kappa shape index (κ2) is 9.75. The zero-order valence-corrected chi connectivity index (χ0v) is 18.4. The van der Waals surface area contributed by atoms with E-state index in [1.165, 1.54) is 7.11 Å². The maximum atomic E-state index is 13.2. The third-order valence-electron chi connectivity index (χ3n) is 5.16. The van der Waals surface area contributed by atoms with E-state index in [0.717, 1.165) is 18.4 Å². The number of methoxy groups -OCH3 is 1. The first-order valence-corrected chi connectivity index (χ1v) is 10.8. The van der Waals surface area contributed by atoms with Crippen LogP contribution >= 0.6 is 11.6 Å². The van der Waals surface area contributed by atoms with Gasteiger partial charge in [0.1, 0.15) is 11.8 Å². The molecule has 0 heterocycles. The molecule has 0 bridgehead atoms. The first kappa shape index (κ1) is 21.7. The molecule has 1 aliphatic rings. The Hall–Kier alpha value is -3.51. The van der Waals surface area contributed by atoms with Gasteiger partial charge in [0.15, 0.2) is 0 Å². The molecule has 3 aromatic carbocycles. The number of nitrogens with one attached hydrogen (secondary N) is 3. The van der Waals surface area contributed by atoms with Crippen LogP contribution in [0.3, 0.4) is 0 Å². The number of hydrogen-bond donors (Lipinski definition) is 3. The number of carbonyl (C=O) groups is 2. The van der Waals surface area contributed by atoms with E-state index < -0.39 is 6.04 Å². The molecule has 0 aromatic heterocycles. The Labute approximate surface area is 191 Å². The monoisotopic (exact) mass is 449 g/mol. The van der Waals surface area contributed by atoms with Crippen molar-refractivity contribution >= 4 is 34.8 Å². The fourth-order valence-electron chi connectivity index (χ4n) is 3.32. The van der Waals surface area contributed by atoms with Crippen molar-refractivity contribution in [2.75, 3.05) is 17.7 Å². The standard InChI is InChI=1S/C25H24ClN3O3/c1-32-22-13-12-20(15-21(22)26)29-25(31)23(16-6-3-2-4-7-16)27-19-9-5-8-17(14-19)24(30)28-18-10-11-18/h2-9,12-15,18,23,27H,10-11H2,1H3,(H,28,30)(H,29,31)/t23-/m0/s1. The van der Waals surface area contributed by atoms with Crippen LogP contribution in [0.15, 0.2) is 72.8 Å². The van der Waals surface area contributed by atoms with Crippen molar-refractivity contribution in [2.45, 2.75) is 24.9 Å². The zero-order chi connectivity index (χ0) is 22.5. The molecule has 32 heavy (non-hydrogen) atoms. The minimum atomic E-state index is -0.682. The first-order valence-electron chi connectivity index (χ1n) is 10.4. The number of halogens is 1. The summed E-state index contributed by atoms with van der Waals surface area (Å²) >= 11 is 6.20. The molecule has 4 rings (SSSR count). The molecule has 6 nitrogen and oxygen atoms in total. The largest absolute Gasteiger partial charge is 0.495 e. The van der Waals surface area contributed by atoms with E-state index >= 15 is 0 Å². The summed E-state index contributed by atoms with van der Waals surface area (Å²) in [6.45, 7) is 0. The Kier molecular flexibility index (Phi) is 6.61. The minimum Gasteiger partial charge on any atom is -0.495 e. The highest BCUT2D eigenvalue weighted by Crippen LogP contribution is 2.29. The van der Waals surface area contributed by atoms with E-state index in [2.05, 4.69) is 16.0 Å². The molecule has 1 atom stereocenters. The number of ether oxygens (including phenoxy) is 1. The van der Waals surface area contributed by atoms with E-state index in [1.807, 2.05) is 36.4 Å². The lowest BCUT2D eigenvalue weighted by Gasteiger charge is -2.21. The second-order valence-electron chi connectivity index (χ2n) is 7.66. The van der Waals surface area contributed by atoms with Crippen LogP contribution in [0.5, 0.6) is 5.75 Å². The van der Waals surface area contributed by atoms with Crippen molar-refractivity contribution in [1.82, 2.24) is 5.32 Å². The van der Waals surface area contributed by atoms with E-state index in [-0.39, 0.29) is 17.9 Å². The Morgan fingerprint density at radius 1 is 0.969 bits per heavy atom. The van der Waals surface area contributed by atoms with Crippen LogP contribution in [0.25, 0.3) is 0 Å². The highest BCUT2D eigenvalue weighted by Gasteiger charge is 2.24. The third-order valence-corrected chi connectivity index (χ3v) is 5.46. The van der Waals surface area contributed by atoms with E-state index in [9.17, 15) is 9.59 Å². The smallest absolute Gasteiger partial charge is 0.251 e. The number of anilines is 2. The third kappa shape index (κ3) is 5.39. The van der Waals surface area contributed by atoms with Gasteiger partial charge in [0.25, 0.3) is 11.8 Å². The maximum absolute atomic E-state index is 13.2. The van der Waals surface area contributed by atoms with Gasteiger partial charge in [-0.2, -0.15) is 0 Å². The normalized spacial score (nSPS) is 13.7. The predicted molar refractivity (Wildman–Crippen MR) is 126 cm³/mol. The molecule has 2 amide bonds. The minimum absolute atomic E-state index is 0.107. The van der Waals surface area contributed by atoms with Crippen LogP contribution < -0.4 is 20.7 Å². The Morgan fingerprint density at radius 3 is 2.44 bits per heavy atom. The Bertz CT molecular complexity index is 1120. The highest BCUT2D eigenvalue weighted by atomic mass is 35.5. The molecule has 0 spiro atoms. The SMILES string of the molecule is COc1ccc(NC(=O)[C@@H](Nc2cccc(C(=O)NC3CC3)c2)c2ccccc2)cc1Cl. The Morgan fingerprint density at radius 2 is 1.75 bits per heavy atom. The van der Waals surface area contributed by atoms with Crippen molar-refractivity contribution in [3.63, 3.8) is 0 Å². The maximum Gasteiger partial charge on any atom is 0.251 e. The van der Waals surface area contributed by atoms with Crippen LogP contribution in [0.2, 0.25) is 5.02 Å². The fraction of sp³-hybridized carbons (Fsp3) is 0.200. The van der Waals surface area contributed by atoms with Gasteiger partial charge >= 0.3 is 0 Å². The predicted octanol–water partition coefficient (Wildman–Crippen LogP) is 5.03. The lowest BCUT2D eigenvalue weighted by molar-refractivity contribution is -0.117. The first-order chi connectivity index (χ1) is 15.5. The van der Waals surface area contributed by atoms with Crippen LogP contribution in [0.4, 0.5) is 11.4 Å². The summed E-state index contributed by atoms with van der Waals surface area (Å²) in [5, 5.41) is 9.56. The van der Waals surface area contributed by atoms with E-state index in [1.54, 1.807) is 36.4 Å². The number of carbonyl (C=O) groups excluding carboxylic acids is 2. The van der Waals surface area contributed by atoms with Crippen molar-refractivity contribution < 1.29 is 14.3 Å². The van der Waals surface area contributed by atoms with Crippen LogP contribution in [0, 0.1) is 0 Å². The molecule has 0 aliphatic heterocycles. The summed E-state index contributed by atoms with van der Waals surface area (Å²) in [6, 6.07) is 21.2. The summed E-state index contributed by atoms with van der Waals surface area (Å²) in [5.41, 5.74) is 2.57. The summed E-state index contributed by atoms with van der Waals surface area (Å²) < 4.78 is 5.17. The molecular formula is C25H24ClN3O3. The van der Waals surface area contributed by atoms with Crippen molar-refractivity contribution in [1.29, 1.82) is 0 Å². The Balaban J connectivity index is 1.55. The lowest BCUT2D eigenvalue weighted by Crippen LogP contribution is -2.28. The van der Waals surface area contributed by atoms with Gasteiger partial charge in [0, 0.05) is 23.0 Å². The average molecular weight is 450 g/mol. The molecule has 3 N–H and O–H groups in total. The molecule has 0 unspecified atom stereocenters. The van der Waals surface area contributed by atoms with Crippen LogP contribution in [0.1, 0.15) is 34.8 Å². The molecule has 7 heteroatoms. The fourth-order valence-corrected chi connectivity index (χ4v) is 3.58. The quantitative estimate of drug-likeness (QED) is 0.450. The summed E-state index contributed by atoms with van der Waals surface area (Å²) in [4.78, 5) is 25.6. The number of amides is 2. The molecular weight excluding hydrogens is 426 g/mol. The zero-order valence-electron chi connectivity index (χ0n) is 17.6. The number of benzene rings is 3. The summed E-state index contributed by atoms with van der Waals surface area (Å²) in [6.07, 6.45) is 2.05. The second-order valence-corrected chi connectivity index (χ2v) is 8.06. The number of hydrogen-bond acceptors (Lipinski definition) is 4. The van der Waals surface area contributed by atoms with E-state index in [0.29, 0.717) is 27.7 Å².